The van der Waals surface area contributed by atoms with E-state index in [9.17, 15) is 19.0 Å². The predicted molar refractivity (Wildman–Crippen MR) is 330 cm³/mol. The number of unbranched alkanes of at least 4 members (excludes halogenated alkanes) is 27. The second-order valence-corrected chi connectivity index (χ2v) is 23.5. The monoisotopic (exact) mass is 1100 g/mol. The predicted octanol–water partition coefficient (Wildman–Crippen LogP) is 20.0. The molecule has 0 heterocycles. The van der Waals surface area contributed by atoms with Gasteiger partial charge in [0, 0.05) is 12.8 Å². The van der Waals surface area contributed by atoms with Crippen LogP contribution in [0, 0.1) is 0 Å². The highest BCUT2D eigenvalue weighted by Gasteiger charge is 2.27. The third-order valence-electron chi connectivity index (χ3n) is 13.4. The highest BCUT2D eigenvalue weighted by molar-refractivity contribution is 7.47. The zero-order valence-corrected chi connectivity index (χ0v) is 51.3. The van der Waals surface area contributed by atoms with Crippen molar-refractivity contribution in [3.05, 3.63) is 97.2 Å². The molecular weight excluding hydrogens is 978 g/mol. The maximum Gasteiger partial charge on any atom is 0.472 e. The van der Waals surface area contributed by atoms with Gasteiger partial charge in [0.25, 0.3) is 0 Å². The molecule has 444 valence electrons. The van der Waals surface area contributed by atoms with Gasteiger partial charge in [-0.3, -0.25) is 18.6 Å². The van der Waals surface area contributed by atoms with E-state index in [-0.39, 0.29) is 25.6 Å². The van der Waals surface area contributed by atoms with Crippen molar-refractivity contribution in [3.63, 3.8) is 0 Å². The Kier molecular flexibility index (Phi) is 55.3. The number of nitrogens with zero attached hydrogens (tertiary/aromatic N) is 1. The Bertz CT molecular complexity index is 1620. The SMILES string of the molecule is CC/C=C\C/C=C\C/C=C\C/C=C\C/C=C\C/C=C\C/C=C\C/C=C\CCCCCCCCCCCCCCCCC(=O)OC(COC(=O)CCCCCCCCCCCCCCCC)COP(=O)(O)OCC[N+](C)(C)C. The van der Waals surface area contributed by atoms with Gasteiger partial charge in [-0.25, -0.2) is 4.57 Å². The molecular formula is C67H119NO8P+. The summed E-state index contributed by atoms with van der Waals surface area (Å²) < 4.78 is 34.6. The molecule has 0 saturated carbocycles. The maximum absolute atomic E-state index is 12.8. The highest BCUT2D eigenvalue weighted by atomic mass is 31.2. The number of esters is 2. The van der Waals surface area contributed by atoms with Gasteiger partial charge in [-0.2, -0.15) is 0 Å². The first-order valence-electron chi connectivity index (χ1n) is 31.5. The third-order valence-corrected chi connectivity index (χ3v) is 14.4. The standard InChI is InChI=1S/C67H118NO8P/c1-6-8-10-12-14-16-18-20-22-23-24-25-26-27-28-29-30-31-32-33-34-35-36-37-38-39-40-41-42-43-44-45-46-48-50-52-54-56-58-60-67(70)76-65(64-75-77(71,72)74-62-61-68(3,4)5)63-73-66(69)59-57-55-53-51-49-47-21-19-17-15-13-11-9-7-2/h8,10,14,16,20,22,24-25,27-28,30-31,33-34,36-37,65H,6-7,9,11-13,15,17-19,21,23,26,29,32,35,38-64H2,1-5H3/p+1/b10-8-,16-14-,22-20-,25-24-,28-27-,31-30-,34-33-,37-36-. The lowest BCUT2D eigenvalue weighted by molar-refractivity contribution is -0.870. The first-order chi connectivity index (χ1) is 37.5. The lowest BCUT2D eigenvalue weighted by atomic mass is 10.0. The van der Waals surface area contributed by atoms with Gasteiger partial charge in [0.1, 0.15) is 19.8 Å². The van der Waals surface area contributed by atoms with Gasteiger partial charge in [-0.1, -0.05) is 272 Å². The van der Waals surface area contributed by atoms with E-state index in [1.165, 1.54) is 141 Å². The lowest BCUT2D eigenvalue weighted by Crippen LogP contribution is -2.37. The summed E-state index contributed by atoms with van der Waals surface area (Å²) in [6.07, 6.45) is 79.2. The van der Waals surface area contributed by atoms with Gasteiger partial charge in [-0.15, -0.1) is 0 Å². The molecule has 9 nitrogen and oxygen atoms in total. The molecule has 10 heteroatoms. The number of phosphoric acid groups is 1. The van der Waals surface area contributed by atoms with Crippen LogP contribution in [0.25, 0.3) is 0 Å². The Morgan fingerprint density at radius 2 is 0.740 bits per heavy atom. The molecule has 0 rings (SSSR count). The fraction of sp³-hybridized carbons (Fsp3) is 0.731. The molecule has 0 amide bonds. The van der Waals surface area contributed by atoms with Crippen molar-refractivity contribution >= 4 is 19.8 Å². The molecule has 0 aliphatic rings. The van der Waals surface area contributed by atoms with Gasteiger partial charge < -0.3 is 18.9 Å². The van der Waals surface area contributed by atoms with E-state index < -0.39 is 26.5 Å². The number of phosphoric ester groups is 1. The number of hydrogen-bond acceptors (Lipinski definition) is 7. The highest BCUT2D eigenvalue weighted by Crippen LogP contribution is 2.43. The molecule has 0 aliphatic heterocycles. The van der Waals surface area contributed by atoms with Crippen molar-refractivity contribution in [1.29, 1.82) is 0 Å². The van der Waals surface area contributed by atoms with Crippen molar-refractivity contribution < 1.29 is 42.1 Å². The van der Waals surface area contributed by atoms with Crippen LogP contribution in [0.5, 0.6) is 0 Å². The van der Waals surface area contributed by atoms with Crippen molar-refractivity contribution in [3.8, 4) is 0 Å². The number of carbonyl (C=O) groups is 2. The second-order valence-electron chi connectivity index (χ2n) is 22.1. The number of allylic oxidation sites excluding steroid dienone is 16. The number of carbonyl (C=O) groups excluding carboxylic acids is 2. The Hall–Kier alpha value is -3.07. The average Bonchev–Trinajstić information content (AvgIpc) is 3.39. The minimum Gasteiger partial charge on any atom is -0.462 e. The first-order valence-corrected chi connectivity index (χ1v) is 33.0. The number of likely N-dealkylation sites (N-methyl/N-ethyl adjacent to an activating group) is 1. The van der Waals surface area contributed by atoms with Crippen molar-refractivity contribution in [1.82, 2.24) is 0 Å². The van der Waals surface area contributed by atoms with E-state index in [1.54, 1.807) is 0 Å². The van der Waals surface area contributed by atoms with Crippen molar-refractivity contribution in [2.45, 2.75) is 270 Å². The molecule has 0 bridgehead atoms. The van der Waals surface area contributed by atoms with Gasteiger partial charge in [0.05, 0.1) is 27.7 Å². The van der Waals surface area contributed by atoms with Crippen LogP contribution in [0.2, 0.25) is 0 Å². The molecule has 77 heavy (non-hydrogen) atoms. The Morgan fingerprint density at radius 1 is 0.416 bits per heavy atom. The molecule has 0 aromatic rings. The number of hydrogen-bond donors (Lipinski definition) is 1. The quantitative estimate of drug-likeness (QED) is 0.0211. The summed E-state index contributed by atoms with van der Waals surface area (Å²) in [5, 5.41) is 0. The van der Waals surface area contributed by atoms with Crippen LogP contribution in [-0.2, 0) is 32.7 Å². The Morgan fingerprint density at radius 3 is 1.10 bits per heavy atom. The summed E-state index contributed by atoms with van der Waals surface area (Å²) in [5.74, 6) is -0.792. The fourth-order valence-electron chi connectivity index (χ4n) is 8.56. The number of ether oxygens (including phenoxy) is 2. The van der Waals surface area contributed by atoms with Crippen LogP contribution in [0.1, 0.15) is 264 Å². The largest absolute Gasteiger partial charge is 0.472 e. The topological polar surface area (TPSA) is 108 Å². The summed E-state index contributed by atoms with van der Waals surface area (Å²) in [4.78, 5) is 35.7. The van der Waals surface area contributed by atoms with E-state index in [4.69, 9.17) is 18.5 Å². The van der Waals surface area contributed by atoms with E-state index in [0.29, 0.717) is 23.9 Å². The summed E-state index contributed by atoms with van der Waals surface area (Å²) in [7, 11) is 1.48. The van der Waals surface area contributed by atoms with Crippen LogP contribution < -0.4 is 0 Å². The van der Waals surface area contributed by atoms with Crippen LogP contribution in [0.15, 0.2) is 97.2 Å². The van der Waals surface area contributed by atoms with Crippen LogP contribution in [0.3, 0.4) is 0 Å². The minimum atomic E-state index is -4.39. The molecule has 0 fully saturated rings. The first kappa shape index (κ1) is 73.9. The molecule has 0 aliphatic carbocycles. The molecule has 0 aromatic carbocycles. The minimum absolute atomic E-state index is 0.0305. The molecule has 0 radical (unpaired) electrons. The smallest absolute Gasteiger partial charge is 0.462 e. The molecule has 0 aromatic heterocycles. The van der Waals surface area contributed by atoms with E-state index >= 15 is 0 Å². The fourth-order valence-corrected chi connectivity index (χ4v) is 9.30. The average molecular weight is 1100 g/mol. The number of rotatable bonds is 57. The molecule has 2 unspecified atom stereocenters. The lowest BCUT2D eigenvalue weighted by Gasteiger charge is -2.24. The normalized spacial score (nSPS) is 13.9. The van der Waals surface area contributed by atoms with E-state index in [0.717, 1.165) is 89.9 Å². The Labute approximate surface area is 474 Å². The zero-order chi connectivity index (χ0) is 56.3. The van der Waals surface area contributed by atoms with Gasteiger partial charge in [0.2, 0.25) is 0 Å². The van der Waals surface area contributed by atoms with Crippen molar-refractivity contribution in [2.24, 2.45) is 0 Å². The number of quaternary nitrogens is 1. The van der Waals surface area contributed by atoms with Crippen molar-refractivity contribution in [2.75, 3.05) is 47.5 Å². The molecule has 2 atom stereocenters. The Balaban J connectivity index is 4.01. The summed E-state index contributed by atoms with van der Waals surface area (Å²) in [6.45, 7) is 4.33. The van der Waals surface area contributed by atoms with Gasteiger partial charge in [0.15, 0.2) is 6.10 Å². The van der Waals surface area contributed by atoms with Gasteiger partial charge >= 0.3 is 19.8 Å². The third kappa shape index (κ3) is 62.0. The molecule has 0 saturated heterocycles. The van der Waals surface area contributed by atoms with Crippen LogP contribution in [0.4, 0.5) is 0 Å². The summed E-state index contributed by atoms with van der Waals surface area (Å²) in [5.41, 5.74) is 0. The molecule has 1 N–H and O–H groups in total. The molecule has 0 spiro atoms. The van der Waals surface area contributed by atoms with E-state index in [1.807, 2.05) is 21.1 Å². The summed E-state index contributed by atoms with van der Waals surface area (Å²) in [6, 6.07) is 0. The van der Waals surface area contributed by atoms with Gasteiger partial charge in [-0.05, 0) is 77.0 Å². The van der Waals surface area contributed by atoms with Crippen LogP contribution in [-0.4, -0.2) is 74.9 Å². The second kappa shape index (κ2) is 57.6. The van der Waals surface area contributed by atoms with Crippen LogP contribution >= 0.6 is 7.82 Å². The maximum atomic E-state index is 12.8. The zero-order valence-electron chi connectivity index (χ0n) is 50.4. The van der Waals surface area contributed by atoms with E-state index in [2.05, 4.69) is 111 Å². The summed E-state index contributed by atoms with van der Waals surface area (Å²) >= 11 is 0.